The Balaban J connectivity index is 1.73. The van der Waals surface area contributed by atoms with Crippen molar-refractivity contribution < 1.29 is 26.4 Å². The van der Waals surface area contributed by atoms with Gasteiger partial charge in [0.2, 0.25) is 5.91 Å². The molecule has 3 rings (SSSR count). The number of thioether (sulfide) groups is 1. The summed E-state index contributed by atoms with van der Waals surface area (Å²) in [5, 5.41) is 2.08. The summed E-state index contributed by atoms with van der Waals surface area (Å²) >= 11 is 7.33. The zero-order chi connectivity index (χ0) is 26.3. The molecule has 0 bridgehead atoms. The minimum absolute atomic E-state index is 0.157. The third kappa shape index (κ3) is 7.41. The third-order valence-corrected chi connectivity index (χ3v) is 8.31. The highest BCUT2D eigenvalue weighted by Gasteiger charge is 2.35. The molecular weight excluding hydrogens is 533 g/mol. The van der Waals surface area contributed by atoms with Gasteiger partial charge in [0.25, 0.3) is 10.0 Å². The first kappa shape index (κ1) is 27.9. The lowest BCUT2D eigenvalue weighted by Gasteiger charge is -2.25. The van der Waals surface area contributed by atoms with Crippen LogP contribution in [0.5, 0.6) is 0 Å². The predicted molar refractivity (Wildman–Crippen MR) is 137 cm³/mol. The first-order valence-corrected chi connectivity index (χ1v) is 13.7. The summed E-state index contributed by atoms with van der Waals surface area (Å²) in [6.45, 7) is 1.59. The van der Waals surface area contributed by atoms with Crippen LogP contribution in [0.1, 0.15) is 17.5 Å². The maximum absolute atomic E-state index is 13.4. The van der Waals surface area contributed by atoms with E-state index in [4.69, 9.17) is 11.6 Å². The highest BCUT2D eigenvalue weighted by atomic mass is 35.5. The normalized spacial score (nSPS) is 11.8. The van der Waals surface area contributed by atoms with Crippen LogP contribution in [0.3, 0.4) is 0 Å². The molecule has 36 heavy (non-hydrogen) atoms. The van der Waals surface area contributed by atoms with E-state index in [2.05, 4.69) is 5.32 Å². The fourth-order valence-electron chi connectivity index (χ4n) is 3.23. The average Bonchev–Trinajstić information content (AvgIpc) is 2.84. The zero-order valence-corrected chi connectivity index (χ0v) is 21.6. The van der Waals surface area contributed by atoms with Gasteiger partial charge in [-0.15, -0.1) is 11.8 Å². The Bertz CT molecular complexity index is 1290. The van der Waals surface area contributed by atoms with E-state index < -0.39 is 39.2 Å². The number of hydrogen-bond donors (Lipinski definition) is 1. The van der Waals surface area contributed by atoms with Crippen LogP contribution < -0.4 is 9.62 Å². The van der Waals surface area contributed by atoms with E-state index in [1.54, 1.807) is 17.8 Å². The van der Waals surface area contributed by atoms with Crippen molar-refractivity contribution in [2.75, 3.05) is 23.1 Å². The highest BCUT2D eigenvalue weighted by Crippen LogP contribution is 2.38. The van der Waals surface area contributed by atoms with Crippen LogP contribution in [0.2, 0.25) is 5.02 Å². The Kier molecular flexibility index (Phi) is 9.32. The molecule has 192 valence electrons. The summed E-state index contributed by atoms with van der Waals surface area (Å²) in [6.07, 6.45) is -4.18. The van der Waals surface area contributed by atoms with E-state index in [1.807, 2.05) is 31.2 Å². The van der Waals surface area contributed by atoms with Gasteiger partial charge in [0.15, 0.2) is 0 Å². The third-order valence-electron chi connectivity index (χ3n) is 5.09. The molecule has 0 aromatic heterocycles. The lowest BCUT2D eigenvalue weighted by Crippen LogP contribution is -2.41. The summed E-state index contributed by atoms with van der Waals surface area (Å²) in [4.78, 5) is 13.6. The topological polar surface area (TPSA) is 66.5 Å². The molecule has 0 fully saturated rings. The number of benzene rings is 3. The molecule has 0 unspecified atom stereocenters. The first-order valence-electron chi connectivity index (χ1n) is 10.9. The molecule has 0 atom stereocenters. The highest BCUT2D eigenvalue weighted by molar-refractivity contribution is 7.99. The summed E-state index contributed by atoms with van der Waals surface area (Å²) in [7, 11) is -4.34. The Morgan fingerprint density at radius 2 is 1.69 bits per heavy atom. The number of alkyl halides is 3. The molecule has 3 aromatic carbocycles. The molecule has 0 saturated carbocycles. The molecule has 0 saturated heterocycles. The van der Waals surface area contributed by atoms with Gasteiger partial charge in [-0.05, 0) is 61.6 Å². The summed E-state index contributed by atoms with van der Waals surface area (Å²) in [5.74, 6) is 0.0833. The Labute approximate surface area is 217 Å². The van der Waals surface area contributed by atoms with Gasteiger partial charge < -0.3 is 5.32 Å². The van der Waals surface area contributed by atoms with E-state index in [9.17, 15) is 26.4 Å². The molecule has 1 amide bonds. The summed E-state index contributed by atoms with van der Waals surface area (Å²) in [5.41, 5.74) is -0.353. The SMILES string of the molecule is Cc1ccc(SCCCNC(=O)CN(c2ccc(Cl)c(C(F)(F)F)c2)S(=O)(=O)c2ccccc2)cc1. The van der Waals surface area contributed by atoms with E-state index in [-0.39, 0.29) is 17.1 Å². The second-order valence-corrected chi connectivity index (χ2v) is 11.3. The summed E-state index contributed by atoms with van der Waals surface area (Å²) in [6, 6.07) is 18.0. The first-order chi connectivity index (χ1) is 17.0. The van der Waals surface area contributed by atoms with Crippen molar-refractivity contribution in [2.45, 2.75) is 29.3 Å². The molecule has 1 N–H and O–H groups in total. The van der Waals surface area contributed by atoms with Crippen molar-refractivity contribution in [1.29, 1.82) is 0 Å². The van der Waals surface area contributed by atoms with E-state index in [0.29, 0.717) is 16.8 Å². The predicted octanol–water partition coefficient (Wildman–Crippen LogP) is 6.16. The lowest BCUT2D eigenvalue weighted by atomic mass is 10.2. The van der Waals surface area contributed by atoms with Gasteiger partial charge in [0, 0.05) is 11.4 Å². The van der Waals surface area contributed by atoms with Crippen LogP contribution in [0.4, 0.5) is 18.9 Å². The zero-order valence-electron chi connectivity index (χ0n) is 19.3. The molecule has 0 spiro atoms. The molecule has 3 aromatic rings. The average molecular weight is 557 g/mol. The van der Waals surface area contributed by atoms with Crippen LogP contribution in [-0.2, 0) is 21.0 Å². The lowest BCUT2D eigenvalue weighted by molar-refractivity contribution is -0.137. The quantitative estimate of drug-likeness (QED) is 0.240. The van der Waals surface area contributed by atoms with Gasteiger partial charge >= 0.3 is 6.18 Å². The number of halogens is 4. The molecule has 0 heterocycles. The Morgan fingerprint density at radius 1 is 1.03 bits per heavy atom. The number of aryl methyl sites for hydroxylation is 1. The number of anilines is 1. The largest absolute Gasteiger partial charge is 0.417 e. The fraction of sp³-hybridized carbons (Fsp3) is 0.240. The second kappa shape index (κ2) is 12.0. The molecular formula is C25H24ClF3N2O3S2. The van der Waals surface area contributed by atoms with E-state index >= 15 is 0 Å². The van der Waals surface area contributed by atoms with Crippen LogP contribution in [0, 0.1) is 6.92 Å². The summed E-state index contributed by atoms with van der Waals surface area (Å²) < 4.78 is 67.5. The second-order valence-electron chi connectivity index (χ2n) is 7.85. The van der Waals surface area contributed by atoms with Crippen molar-refractivity contribution in [1.82, 2.24) is 5.32 Å². The number of carbonyl (C=O) groups is 1. The fourth-order valence-corrected chi connectivity index (χ4v) is 5.74. The van der Waals surface area contributed by atoms with Crippen molar-refractivity contribution in [3.05, 3.63) is 88.9 Å². The number of rotatable bonds is 10. The van der Waals surface area contributed by atoms with Crippen molar-refractivity contribution >= 4 is 45.0 Å². The number of nitrogens with one attached hydrogen (secondary N) is 1. The van der Waals surface area contributed by atoms with Gasteiger partial charge in [-0.3, -0.25) is 9.10 Å². The maximum Gasteiger partial charge on any atom is 0.417 e. The smallest absolute Gasteiger partial charge is 0.354 e. The van der Waals surface area contributed by atoms with Gasteiger partial charge in [-0.1, -0.05) is 47.5 Å². The van der Waals surface area contributed by atoms with Gasteiger partial charge in [0.05, 0.1) is 21.2 Å². The molecule has 0 aliphatic carbocycles. The Hall–Kier alpha value is -2.69. The molecule has 0 aliphatic rings. The monoisotopic (exact) mass is 556 g/mol. The van der Waals surface area contributed by atoms with Crippen LogP contribution in [0.15, 0.2) is 82.6 Å². The van der Waals surface area contributed by atoms with Gasteiger partial charge in [0.1, 0.15) is 6.54 Å². The number of amides is 1. The standard InChI is InChI=1S/C25H24ClF3N2O3S2/c1-18-8-11-20(12-9-18)35-15-5-14-30-24(32)17-31(36(33,34)21-6-3-2-4-7-21)19-10-13-23(26)22(16-19)25(27,28)29/h2-4,6-13,16H,5,14-15,17H2,1H3,(H,30,32). The molecule has 0 aliphatic heterocycles. The van der Waals surface area contributed by atoms with Crippen LogP contribution >= 0.6 is 23.4 Å². The number of sulfonamides is 1. The van der Waals surface area contributed by atoms with Crippen LogP contribution in [0.25, 0.3) is 0 Å². The van der Waals surface area contributed by atoms with Crippen LogP contribution in [-0.4, -0.2) is 33.2 Å². The van der Waals surface area contributed by atoms with Gasteiger partial charge in [-0.2, -0.15) is 13.2 Å². The molecule has 11 heteroatoms. The minimum atomic E-state index is -4.80. The Morgan fingerprint density at radius 3 is 2.33 bits per heavy atom. The maximum atomic E-state index is 13.4. The van der Waals surface area contributed by atoms with E-state index in [1.165, 1.54) is 24.3 Å². The number of nitrogens with zero attached hydrogens (tertiary/aromatic N) is 1. The number of hydrogen-bond acceptors (Lipinski definition) is 4. The molecule has 0 radical (unpaired) electrons. The van der Waals surface area contributed by atoms with Crippen molar-refractivity contribution in [3.63, 3.8) is 0 Å². The minimum Gasteiger partial charge on any atom is -0.354 e. The van der Waals surface area contributed by atoms with Gasteiger partial charge in [-0.25, -0.2) is 8.42 Å². The number of carbonyl (C=O) groups excluding carboxylic acids is 1. The van der Waals surface area contributed by atoms with Crippen molar-refractivity contribution in [2.24, 2.45) is 0 Å². The van der Waals surface area contributed by atoms with E-state index in [0.717, 1.165) is 28.3 Å². The van der Waals surface area contributed by atoms with Crippen molar-refractivity contribution in [3.8, 4) is 0 Å². The molecule has 5 nitrogen and oxygen atoms in total.